The van der Waals surface area contributed by atoms with Crippen LogP contribution in [0.2, 0.25) is 5.02 Å². The van der Waals surface area contributed by atoms with Crippen LogP contribution in [-0.2, 0) is 16.6 Å². The van der Waals surface area contributed by atoms with Crippen LogP contribution in [0.1, 0.15) is 0 Å². The predicted octanol–water partition coefficient (Wildman–Crippen LogP) is 2.11. The topological polar surface area (TPSA) is 93.2 Å². The number of sulfonamides is 1. The van der Waals surface area contributed by atoms with E-state index in [1.807, 2.05) is 0 Å². The van der Waals surface area contributed by atoms with E-state index in [2.05, 4.69) is 9.71 Å². The van der Waals surface area contributed by atoms with Crippen molar-refractivity contribution in [1.29, 1.82) is 0 Å². The molecule has 0 aliphatic heterocycles. The van der Waals surface area contributed by atoms with Gasteiger partial charge in [-0.15, -0.1) is 0 Å². The summed E-state index contributed by atoms with van der Waals surface area (Å²) in [4.78, 5) is 14.4. The fourth-order valence-corrected chi connectivity index (χ4v) is 4.04. The van der Waals surface area contributed by atoms with Crippen molar-refractivity contribution in [2.24, 2.45) is 0 Å². The number of nitrogens with one attached hydrogen (secondary N) is 2. The quantitative estimate of drug-likeness (QED) is 0.664. The molecule has 26 heavy (non-hydrogen) atoms. The molecule has 138 valence electrons. The third kappa shape index (κ3) is 3.59. The largest absolute Gasteiger partial charge is 0.495 e. The van der Waals surface area contributed by atoms with Gasteiger partial charge in [0.15, 0.2) is 0 Å². The maximum absolute atomic E-state index is 13.2. The highest BCUT2D eigenvalue weighted by molar-refractivity contribution is 7.89. The molecule has 0 amide bonds. The number of H-pyrrole nitrogens is 1. The van der Waals surface area contributed by atoms with Crippen molar-refractivity contribution in [3.05, 3.63) is 57.7 Å². The van der Waals surface area contributed by atoms with Crippen LogP contribution in [-0.4, -0.2) is 31.6 Å². The van der Waals surface area contributed by atoms with Crippen molar-refractivity contribution in [2.75, 3.05) is 13.7 Å². The first kappa shape index (κ1) is 18.4. The Morgan fingerprint density at radius 2 is 2.04 bits per heavy atom. The number of halogens is 2. The molecule has 3 aromatic rings. The number of hydrogen-bond donors (Lipinski definition) is 2. The summed E-state index contributed by atoms with van der Waals surface area (Å²) < 4.78 is 47.0. The van der Waals surface area contributed by atoms with Gasteiger partial charge in [0.05, 0.1) is 18.1 Å². The summed E-state index contributed by atoms with van der Waals surface area (Å²) in [5.41, 5.74) is 0.371. The summed E-state index contributed by atoms with van der Waals surface area (Å²) in [5.74, 6) is -0.318. The number of rotatable bonds is 6. The fourth-order valence-electron chi connectivity index (χ4n) is 2.59. The number of aromatic nitrogens is 2. The van der Waals surface area contributed by atoms with Crippen LogP contribution in [0.25, 0.3) is 11.0 Å². The minimum Gasteiger partial charge on any atom is -0.495 e. The van der Waals surface area contributed by atoms with Gasteiger partial charge in [0.2, 0.25) is 10.0 Å². The SMILES string of the molecule is COc1ccc(Cl)cc1S(=O)(=O)NCCn1c(=O)[nH]c2cc(F)ccc21. The molecule has 0 bridgehead atoms. The average Bonchev–Trinajstić information content (AvgIpc) is 2.89. The number of hydrogen-bond acceptors (Lipinski definition) is 4. The highest BCUT2D eigenvalue weighted by atomic mass is 35.5. The van der Waals surface area contributed by atoms with Crippen molar-refractivity contribution in [3.8, 4) is 5.75 Å². The van der Waals surface area contributed by atoms with E-state index in [4.69, 9.17) is 16.3 Å². The summed E-state index contributed by atoms with van der Waals surface area (Å²) in [7, 11) is -2.54. The van der Waals surface area contributed by atoms with E-state index in [1.165, 1.54) is 48.1 Å². The van der Waals surface area contributed by atoms with E-state index in [-0.39, 0.29) is 28.8 Å². The highest BCUT2D eigenvalue weighted by Gasteiger charge is 2.20. The molecule has 2 aromatic carbocycles. The van der Waals surface area contributed by atoms with Crippen molar-refractivity contribution in [3.63, 3.8) is 0 Å². The summed E-state index contributed by atoms with van der Waals surface area (Å²) in [6, 6.07) is 8.14. The smallest absolute Gasteiger partial charge is 0.326 e. The molecule has 2 N–H and O–H groups in total. The summed E-state index contributed by atoms with van der Waals surface area (Å²) in [6.07, 6.45) is 0. The third-order valence-electron chi connectivity index (χ3n) is 3.78. The number of methoxy groups -OCH3 is 1. The number of aromatic amines is 1. The van der Waals surface area contributed by atoms with Gasteiger partial charge >= 0.3 is 5.69 Å². The first-order valence-electron chi connectivity index (χ1n) is 7.53. The molecule has 0 saturated carbocycles. The van der Waals surface area contributed by atoms with E-state index in [0.29, 0.717) is 11.0 Å². The molecular weight excluding hydrogens is 385 g/mol. The number of fused-ring (bicyclic) bond motifs is 1. The molecule has 0 radical (unpaired) electrons. The van der Waals surface area contributed by atoms with Gasteiger partial charge in [-0.3, -0.25) is 4.57 Å². The molecule has 1 aromatic heterocycles. The van der Waals surface area contributed by atoms with Crippen molar-refractivity contribution in [2.45, 2.75) is 11.4 Å². The van der Waals surface area contributed by atoms with Crippen molar-refractivity contribution >= 4 is 32.7 Å². The molecule has 0 aliphatic carbocycles. The van der Waals surface area contributed by atoms with Gasteiger partial charge in [0.1, 0.15) is 16.5 Å². The van der Waals surface area contributed by atoms with Crippen LogP contribution in [0.4, 0.5) is 4.39 Å². The normalized spacial score (nSPS) is 11.8. The van der Waals surface area contributed by atoms with Crippen LogP contribution < -0.4 is 15.1 Å². The molecule has 0 unspecified atom stereocenters. The second-order valence-corrected chi connectivity index (χ2v) is 7.61. The van der Waals surface area contributed by atoms with E-state index >= 15 is 0 Å². The summed E-state index contributed by atoms with van der Waals surface area (Å²) in [6.45, 7) is 0.00874. The van der Waals surface area contributed by atoms with E-state index < -0.39 is 21.5 Å². The Bertz CT molecular complexity index is 1120. The maximum atomic E-state index is 13.2. The van der Waals surface area contributed by atoms with E-state index in [0.717, 1.165) is 0 Å². The second kappa shape index (κ2) is 7.10. The number of benzene rings is 2. The molecule has 0 atom stereocenters. The van der Waals surface area contributed by atoms with Crippen LogP contribution >= 0.6 is 11.6 Å². The van der Waals surface area contributed by atoms with Crippen LogP contribution in [0.5, 0.6) is 5.75 Å². The first-order chi connectivity index (χ1) is 12.3. The van der Waals surface area contributed by atoms with Crippen molar-refractivity contribution < 1.29 is 17.5 Å². The molecule has 0 aliphatic rings. The highest BCUT2D eigenvalue weighted by Crippen LogP contribution is 2.26. The number of ether oxygens (including phenoxy) is 1. The zero-order valence-corrected chi connectivity index (χ0v) is 15.2. The molecule has 1 heterocycles. The molecule has 7 nitrogen and oxygen atoms in total. The Hall–Kier alpha value is -2.36. The van der Waals surface area contributed by atoms with Gasteiger partial charge < -0.3 is 9.72 Å². The van der Waals surface area contributed by atoms with Gasteiger partial charge in [0, 0.05) is 18.1 Å². The molecule has 3 rings (SSSR count). The van der Waals surface area contributed by atoms with E-state index in [9.17, 15) is 17.6 Å². The van der Waals surface area contributed by atoms with Gasteiger partial charge in [-0.2, -0.15) is 0 Å². The van der Waals surface area contributed by atoms with E-state index in [1.54, 1.807) is 0 Å². The first-order valence-corrected chi connectivity index (χ1v) is 9.39. The predicted molar refractivity (Wildman–Crippen MR) is 95.7 cm³/mol. The Morgan fingerprint density at radius 1 is 1.27 bits per heavy atom. The molecule has 10 heteroatoms. The standard InChI is InChI=1S/C16H15ClFN3O4S/c1-25-14-5-2-10(17)8-15(14)26(23,24)19-6-7-21-13-4-3-11(18)9-12(13)20-16(21)22/h2-5,8-9,19H,6-7H2,1H3,(H,20,22). The maximum Gasteiger partial charge on any atom is 0.326 e. The van der Waals surface area contributed by atoms with Crippen LogP contribution in [0, 0.1) is 5.82 Å². The Balaban J connectivity index is 1.81. The van der Waals surface area contributed by atoms with Crippen LogP contribution in [0.15, 0.2) is 46.1 Å². The number of imidazole rings is 1. The molecule has 0 fully saturated rings. The minimum atomic E-state index is -3.90. The molecular formula is C16H15ClFN3O4S. The second-order valence-electron chi connectivity index (χ2n) is 5.44. The van der Waals surface area contributed by atoms with Gasteiger partial charge in [-0.1, -0.05) is 11.6 Å². The molecule has 0 spiro atoms. The lowest BCUT2D eigenvalue weighted by Crippen LogP contribution is -2.30. The van der Waals surface area contributed by atoms with Crippen molar-refractivity contribution in [1.82, 2.24) is 14.3 Å². The summed E-state index contributed by atoms with van der Waals surface area (Å²) >= 11 is 5.87. The van der Waals surface area contributed by atoms with Gasteiger partial charge in [-0.05, 0) is 36.4 Å². The van der Waals surface area contributed by atoms with Gasteiger partial charge in [0.25, 0.3) is 0 Å². The minimum absolute atomic E-state index is 0.0533. The summed E-state index contributed by atoms with van der Waals surface area (Å²) in [5, 5.41) is 0.251. The lowest BCUT2D eigenvalue weighted by Gasteiger charge is -2.11. The zero-order valence-electron chi connectivity index (χ0n) is 13.6. The Labute approximate surface area is 153 Å². The third-order valence-corrected chi connectivity index (χ3v) is 5.50. The lowest BCUT2D eigenvalue weighted by atomic mass is 10.3. The molecule has 0 saturated heterocycles. The Morgan fingerprint density at radius 3 is 2.77 bits per heavy atom. The Kier molecular flexibility index (Phi) is 5.03. The average molecular weight is 400 g/mol. The monoisotopic (exact) mass is 399 g/mol. The fraction of sp³-hybridized carbons (Fsp3) is 0.188. The zero-order chi connectivity index (χ0) is 18.9. The van der Waals surface area contributed by atoms with Crippen LogP contribution in [0.3, 0.4) is 0 Å². The lowest BCUT2D eigenvalue weighted by molar-refractivity contribution is 0.402. The number of nitrogens with zero attached hydrogens (tertiary/aromatic N) is 1. The van der Waals surface area contributed by atoms with Gasteiger partial charge in [-0.25, -0.2) is 22.3 Å².